The van der Waals surface area contributed by atoms with Gasteiger partial charge in [-0.25, -0.2) is 4.79 Å². The maximum Gasteiger partial charge on any atom is 0.417 e. The lowest BCUT2D eigenvalue weighted by Crippen LogP contribution is -2.11. The molecule has 0 amide bonds. The van der Waals surface area contributed by atoms with E-state index in [1.54, 1.807) is 30.3 Å². The molecule has 0 N–H and O–H groups in total. The van der Waals surface area contributed by atoms with E-state index in [1.807, 2.05) is 0 Å². The number of allylic oxidation sites excluding steroid dienone is 1. The summed E-state index contributed by atoms with van der Waals surface area (Å²) in [6, 6.07) is 10.5. The summed E-state index contributed by atoms with van der Waals surface area (Å²) >= 11 is 0. The molecule has 24 heavy (non-hydrogen) atoms. The number of carbonyl (C=O) groups excluding carboxylic acids is 1. The van der Waals surface area contributed by atoms with Crippen LogP contribution in [0.2, 0.25) is 0 Å². The minimum atomic E-state index is -4.44. The molecule has 0 radical (unpaired) electrons. The summed E-state index contributed by atoms with van der Waals surface area (Å²) in [6.07, 6.45) is -1.25. The molecule has 2 nitrogen and oxygen atoms in total. The Morgan fingerprint density at radius 2 is 1.83 bits per heavy atom. The Morgan fingerprint density at radius 1 is 1.08 bits per heavy atom. The number of rotatable bonds is 2. The second-order valence-corrected chi connectivity index (χ2v) is 5.56. The van der Waals surface area contributed by atoms with Crippen molar-refractivity contribution in [1.29, 1.82) is 0 Å². The van der Waals surface area contributed by atoms with Gasteiger partial charge in [-0.05, 0) is 53.3 Å². The molecule has 0 unspecified atom stereocenters. The maximum atomic E-state index is 13.3. The number of alkyl halides is 3. The van der Waals surface area contributed by atoms with Gasteiger partial charge in [-0.1, -0.05) is 30.3 Å². The fourth-order valence-corrected chi connectivity index (χ4v) is 2.99. The first-order valence-electron chi connectivity index (χ1n) is 7.50. The normalized spacial score (nSPS) is 13.9. The zero-order valence-electron chi connectivity index (χ0n) is 13.0. The monoisotopic (exact) mass is 332 g/mol. The molecule has 3 rings (SSSR count). The number of aryl methyl sites for hydroxylation is 1. The summed E-state index contributed by atoms with van der Waals surface area (Å²) in [5.74, 6) is -0.508. The number of methoxy groups -OCH3 is 1. The van der Waals surface area contributed by atoms with Gasteiger partial charge in [0.15, 0.2) is 0 Å². The van der Waals surface area contributed by atoms with E-state index in [9.17, 15) is 18.0 Å². The average Bonchev–Trinajstić information content (AvgIpc) is 2.59. The van der Waals surface area contributed by atoms with E-state index in [-0.39, 0.29) is 5.56 Å². The van der Waals surface area contributed by atoms with Gasteiger partial charge in [0.25, 0.3) is 0 Å². The van der Waals surface area contributed by atoms with Crippen LogP contribution in [-0.4, -0.2) is 13.1 Å². The van der Waals surface area contributed by atoms with E-state index in [1.165, 1.54) is 19.2 Å². The van der Waals surface area contributed by atoms with Crippen LogP contribution in [0.4, 0.5) is 13.2 Å². The number of esters is 1. The van der Waals surface area contributed by atoms with Gasteiger partial charge in [0.05, 0.1) is 18.2 Å². The number of fused-ring (bicyclic) bond motifs is 1. The average molecular weight is 332 g/mol. The lowest BCUT2D eigenvalue weighted by atomic mass is 9.84. The molecule has 1 aliphatic rings. The van der Waals surface area contributed by atoms with E-state index in [4.69, 9.17) is 4.74 Å². The van der Waals surface area contributed by atoms with Crippen LogP contribution in [0, 0.1) is 0 Å². The molecular weight excluding hydrogens is 317 g/mol. The van der Waals surface area contributed by atoms with Crippen LogP contribution in [0.25, 0.3) is 5.57 Å². The van der Waals surface area contributed by atoms with Gasteiger partial charge >= 0.3 is 12.1 Å². The van der Waals surface area contributed by atoms with Gasteiger partial charge in [-0.2, -0.15) is 13.2 Å². The number of hydrogen-bond donors (Lipinski definition) is 0. The van der Waals surface area contributed by atoms with Gasteiger partial charge in [0.1, 0.15) is 0 Å². The molecule has 2 aromatic rings. The Bertz CT molecular complexity index is 820. The fraction of sp³-hybridized carbons (Fsp3) is 0.211. The maximum absolute atomic E-state index is 13.3. The second-order valence-electron chi connectivity index (χ2n) is 5.56. The molecule has 0 saturated heterocycles. The van der Waals surface area contributed by atoms with Gasteiger partial charge in [-0.15, -0.1) is 0 Å². The number of benzene rings is 2. The molecule has 0 spiro atoms. The number of halogens is 3. The van der Waals surface area contributed by atoms with E-state index in [0.29, 0.717) is 23.1 Å². The predicted octanol–water partition coefficient (Wildman–Crippen LogP) is 4.87. The zero-order chi connectivity index (χ0) is 17.3. The fourth-order valence-electron chi connectivity index (χ4n) is 2.99. The van der Waals surface area contributed by atoms with Crippen molar-refractivity contribution in [3.05, 3.63) is 76.4 Å². The third-order valence-electron chi connectivity index (χ3n) is 4.11. The van der Waals surface area contributed by atoms with Crippen LogP contribution >= 0.6 is 0 Å². The lowest BCUT2D eigenvalue weighted by molar-refractivity contribution is -0.137. The minimum Gasteiger partial charge on any atom is -0.465 e. The van der Waals surface area contributed by atoms with Crippen molar-refractivity contribution in [2.45, 2.75) is 19.0 Å². The van der Waals surface area contributed by atoms with Crippen molar-refractivity contribution in [3.8, 4) is 0 Å². The van der Waals surface area contributed by atoms with Crippen molar-refractivity contribution in [2.75, 3.05) is 7.11 Å². The van der Waals surface area contributed by atoms with Crippen molar-refractivity contribution in [1.82, 2.24) is 0 Å². The first-order chi connectivity index (χ1) is 11.4. The van der Waals surface area contributed by atoms with E-state index in [0.717, 1.165) is 18.1 Å². The van der Waals surface area contributed by atoms with Crippen LogP contribution in [0.3, 0.4) is 0 Å². The van der Waals surface area contributed by atoms with Gasteiger partial charge in [0, 0.05) is 0 Å². The van der Waals surface area contributed by atoms with Crippen LogP contribution in [-0.2, 0) is 17.3 Å². The highest BCUT2D eigenvalue weighted by Crippen LogP contribution is 2.39. The summed E-state index contributed by atoms with van der Waals surface area (Å²) < 4.78 is 44.7. The molecule has 0 bridgehead atoms. The van der Waals surface area contributed by atoms with E-state index < -0.39 is 17.7 Å². The van der Waals surface area contributed by atoms with Crippen LogP contribution in [0.15, 0.2) is 48.5 Å². The standard InChI is InChI=1S/C19H15F3O2/c1-24-18(23)13-10-9-12-5-4-7-14(16(12)11-13)15-6-2-3-8-17(15)19(20,21)22/h2-3,6-11H,4-5H2,1H3. The van der Waals surface area contributed by atoms with Crippen molar-refractivity contribution < 1.29 is 22.7 Å². The molecule has 5 heteroatoms. The smallest absolute Gasteiger partial charge is 0.417 e. The number of carbonyl (C=O) groups is 1. The summed E-state index contributed by atoms with van der Waals surface area (Å²) in [5, 5.41) is 0. The molecule has 2 aromatic carbocycles. The van der Waals surface area contributed by atoms with Crippen molar-refractivity contribution >= 4 is 11.5 Å². The quantitative estimate of drug-likeness (QED) is 0.734. The molecule has 1 aliphatic carbocycles. The van der Waals surface area contributed by atoms with E-state index in [2.05, 4.69) is 0 Å². The Kier molecular flexibility index (Phi) is 4.18. The highest BCUT2D eigenvalue weighted by atomic mass is 19.4. The Morgan fingerprint density at radius 3 is 2.54 bits per heavy atom. The third-order valence-corrected chi connectivity index (χ3v) is 4.11. The molecule has 0 aromatic heterocycles. The Hall–Kier alpha value is -2.56. The second kappa shape index (κ2) is 6.15. The highest BCUT2D eigenvalue weighted by Gasteiger charge is 2.34. The topological polar surface area (TPSA) is 26.3 Å². The molecule has 0 aliphatic heterocycles. The molecule has 0 heterocycles. The van der Waals surface area contributed by atoms with Gasteiger partial charge in [0.2, 0.25) is 0 Å². The zero-order valence-corrected chi connectivity index (χ0v) is 13.0. The Balaban J connectivity index is 2.16. The number of ether oxygens (including phenoxy) is 1. The SMILES string of the molecule is COC(=O)c1ccc2c(c1)C(c1ccccc1C(F)(F)F)=CCC2. The molecule has 0 fully saturated rings. The summed E-state index contributed by atoms with van der Waals surface area (Å²) in [6.45, 7) is 0. The molecule has 0 atom stereocenters. The predicted molar refractivity (Wildman–Crippen MR) is 84.6 cm³/mol. The number of hydrogen-bond acceptors (Lipinski definition) is 2. The van der Waals surface area contributed by atoms with Gasteiger partial charge in [-0.3, -0.25) is 0 Å². The Labute approximate surface area is 137 Å². The summed E-state index contributed by atoms with van der Waals surface area (Å²) in [4.78, 5) is 11.7. The molecule has 0 saturated carbocycles. The van der Waals surface area contributed by atoms with Gasteiger partial charge < -0.3 is 4.74 Å². The molecule has 124 valence electrons. The van der Waals surface area contributed by atoms with Crippen LogP contribution in [0.5, 0.6) is 0 Å². The molecular formula is C19H15F3O2. The first kappa shape index (κ1) is 16.3. The van der Waals surface area contributed by atoms with Crippen molar-refractivity contribution in [3.63, 3.8) is 0 Å². The summed E-state index contributed by atoms with van der Waals surface area (Å²) in [5.41, 5.74) is 1.88. The van der Waals surface area contributed by atoms with Crippen LogP contribution < -0.4 is 0 Å². The van der Waals surface area contributed by atoms with E-state index >= 15 is 0 Å². The lowest BCUT2D eigenvalue weighted by Gasteiger charge is -2.22. The minimum absolute atomic E-state index is 0.132. The highest BCUT2D eigenvalue weighted by molar-refractivity contribution is 5.93. The summed E-state index contributed by atoms with van der Waals surface area (Å²) in [7, 11) is 1.28. The third kappa shape index (κ3) is 2.94. The largest absolute Gasteiger partial charge is 0.465 e. The first-order valence-corrected chi connectivity index (χ1v) is 7.50. The van der Waals surface area contributed by atoms with Crippen LogP contribution in [0.1, 0.15) is 39.0 Å². The van der Waals surface area contributed by atoms with Crippen molar-refractivity contribution in [2.24, 2.45) is 0 Å².